The molecule has 4 nitrogen and oxygen atoms in total. The average molecular weight is 285 g/mol. The lowest BCUT2D eigenvalue weighted by Gasteiger charge is -2.25. The molecule has 0 amide bonds. The quantitative estimate of drug-likeness (QED) is 0.572. The number of unbranched alkanes of at least 4 members (excludes halogenated alkanes) is 5. The highest BCUT2D eigenvalue weighted by molar-refractivity contribution is 5.79. The van der Waals surface area contributed by atoms with E-state index in [1.54, 1.807) is 0 Å². The number of nitrogens with one attached hydrogen (secondary N) is 1. The molecule has 2 unspecified atom stereocenters. The molecule has 0 saturated heterocycles. The molecule has 20 heavy (non-hydrogen) atoms. The van der Waals surface area contributed by atoms with Crippen molar-refractivity contribution < 1.29 is 14.6 Å². The van der Waals surface area contributed by atoms with Crippen molar-refractivity contribution in [2.45, 2.75) is 83.3 Å². The third-order valence-electron chi connectivity index (χ3n) is 4.25. The molecule has 0 aromatic carbocycles. The van der Waals surface area contributed by atoms with Crippen LogP contribution in [0.15, 0.2) is 0 Å². The van der Waals surface area contributed by atoms with E-state index in [1.807, 2.05) is 6.92 Å². The van der Waals surface area contributed by atoms with Gasteiger partial charge in [0, 0.05) is 13.0 Å². The molecular weight excluding hydrogens is 254 g/mol. The molecule has 1 rings (SSSR count). The third-order valence-corrected chi connectivity index (χ3v) is 4.25. The topological polar surface area (TPSA) is 58.6 Å². The van der Waals surface area contributed by atoms with Crippen LogP contribution >= 0.6 is 0 Å². The minimum absolute atomic E-state index is 0.112. The Hall–Kier alpha value is -0.610. The van der Waals surface area contributed by atoms with Crippen LogP contribution in [0.5, 0.6) is 0 Å². The summed E-state index contributed by atoms with van der Waals surface area (Å²) in [7, 11) is 0. The number of carboxylic acids is 1. The summed E-state index contributed by atoms with van der Waals surface area (Å²) in [6, 6.07) is 0. The number of carboxylic acid groups (broad SMARTS) is 1. The molecule has 0 aliphatic heterocycles. The Morgan fingerprint density at radius 1 is 1.25 bits per heavy atom. The smallest absolute Gasteiger partial charge is 0.323 e. The summed E-state index contributed by atoms with van der Waals surface area (Å²) >= 11 is 0. The van der Waals surface area contributed by atoms with Gasteiger partial charge in [-0.25, -0.2) is 0 Å². The minimum Gasteiger partial charge on any atom is -0.480 e. The van der Waals surface area contributed by atoms with Gasteiger partial charge in [0.05, 0.1) is 6.10 Å². The summed E-state index contributed by atoms with van der Waals surface area (Å²) in [5, 5.41) is 12.5. The second kappa shape index (κ2) is 9.35. The Bertz CT molecular complexity index is 283. The Morgan fingerprint density at radius 3 is 2.60 bits per heavy atom. The van der Waals surface area contributed by atoms with Gasteiger partial charge in [0.1, 0.15) is 5.54 Å². The highest BCUT2D eigenvalue weighted by atomic mass is 16.5. The van der Waals surface area contributed by atoms with Crippen LogP contribution in [0.2, 0.25) is 0 Å². The molecular formula is C16H31NO3. The molecule has 0 radical (unpaired) electrons. The second-order valence-electron chi connectivity index (χ2n) is 5.92. The molecule has 0 bridgehead atoms. The highest BCUT2D eigenvalue weighted by Crippen LogP contribution is 2.32. The number of ether oxygens (including phenoxy) is 1. The molecule has 2 N–H and O–H groups in total. The van der Waals surface area contributed by atoms with Crippen molar-refractivity contribution in [1.29, 1.82) is 0 Å². The van der Waals surface area contributed by atoms with Crippen molar-refractivity contribution in [2.24, 2.45) is 0 Å². The van der Waals surface area contributed by atoms with Crippen molar-refractivity contribution >= 4 is 5.97 Å². The van der Waals surface area contributed by atoms with E-state index in [1.165, 1.54) is 32.1 Å². The summed E-state index contributed by atoms with van der Waals surface area (Å²) in [5.74, 6) is -0.731. The molecule has 4 heteroatoms. The van der Waals surface area contributed by atoms with Gasteiger partial charge >= 0.3 is 5.97 Å². The molecule has 118 valence electrons. The molecule has 1 aliphatic carbocycles. The third kappa shape index (κ3) is 5.41. The van der Waals surface area contributed by atoms with Crippen LogP contribution in [0.3, 0.4) is 0 Å². The molecule has 1 aliphatic rings. The lowest BCUT2D eigenvalue weighted by Crippen LogP contribution is -2.50. The molecule has 2 atom stereocenters. The van der Waals surface area contributed by atoms with Gasteiger partial charge in [-0.15, -0.1) is 0 Å². The van der Waals surface area contributed by atoms with Crippen molar-refractivity contribution in [3.8, 4) is 0 Å². The van der Waals surface area contributed by atoms with Crippen molar-refractivity contribution in [3.05, 3.63) is 0 Å². The standard InChI is InChI=1S/C16H31NO3/c1-3-5-6-7-8-9-12-20-14-10-11-16(13-14,15(18)19)17-4-2/h14,17H,3-13H2,1-2H3,(H,18,19). The van der Waals surface area contributed by atoms with Gasteiger partial charge in [-0.3, -0.25) is 4.79 Å². The van der Waals surface area contributed by atoms with Crippen LogP contribution in [-0.2, 0) is 9.53 Å². The fourth-order valence-electron chi connectivity index (χ4n) is 3.04. The SMILES string of the molecule is CCCCCCCCOC1CCC(NCC)(C(=O)O)C1. The van der Waals surface area contributed by atoms with Gasteiger partial charge in [0.15, 0.2) is 0 Å². The minimum atomic E-state index is -0.749. The van der Waals surface area contributed by atoms with Crippen LogP contribution in [0.1, 0.15) is 71.6 Å². The zero-order chi connectivity index (χ0) is 14.8. The van der Waals surface area contributed by atoms with Gasteiger partial charge in [0.2, 0.25) is 0 Å². The monoisotopic (exact) mass is 285 g/mol. The fraction of sp³-hybridized carbons (Fsp3) is 0.938. The Morgan fingerprint density at radius 2 is 1.95 bits per heavy atom. The van der Waals surface area contributed by atoms with Gasteiger partial charge in [0.25, 0.3) is 0 Å². The number of likely N-dealkylation sites (N-methyl/N-ethyl adjacent to an activating group) is 1. The van der Waals surface area contributed by atoms with E-state index in [0.717, 1.165) is 19.4 Å². The maximum absolute atomic E-state index is 11.4. The van der Waals surface area contributed by atoms with Crippen LogP contribution < -0.4 is 5.32 Å². The summed E-state index contributed by atoms with van der Waals surface area (Å²) in [5.41, 5.74) is -0.749. The first-order valence-electron chi connectivity index (χ1n) is 8.24. The zero-order valence-electron chi connectivity index (χ0n) is 13.1. The van der Waals surface area contributed by atoms with E-state index >= 15 is 0 Å². The van der Waals surface area contributed by atoms with E-state index in [0.29, 0.717) is 19.4 Å². The molecule has 1 fully saturated rings. The van der Waals surface area contributed by atoms with Gasteiger partial charge < -0.3 is 15.2 Å². The summed E-state index contributed by atoms with van der Waals surface area (Å²) in [6.07, 6.45) is 9.79. The van der Waals surface area contributed by atoms with Crippen LogP contribution in [0.4, 0.5) is 0 Å². The van der Waals surface area contributed by atoms with E-state index in [9.17, 15) is 9.90 Å². The zero-order valence-corrected chi connectivity index (χ0v) is 13.1. The molecule has 0 aromatic rings. The normalized spacial score (nSPS) is 26.0. The number of rotatable bonds is 11. The second-order valence-corrected chi connectivity index (χ2v) is 5.92. The first-order chi connectivity index (χ1) is 9.64. The van der Waals surface area contributed by atoms with Crippen LogP contribution in [0, 0.1) is 0 Å². The summed E-state index contributed by atoms with van der Waals surface area (Å²) < 4.78 is 5.86. The highest BCUT2D eigenvalue weighted by Gasteiger charge is 2.45. The average Bonchev–Trinajstić information content (AvgIpc) is 2.83. The lowest BCUT2D eigenvalue weighted by molar-refractivity contribution is -0.145. The Balaban J connectivity index is 2.15. The van der Waals surface area contributed by atoms with E-state index < -0.39 is 11.5 Å². The van der Waals surface area contributed by atoms with E-state index in [2.05, 4.69) is 12.2 Å². The number of aliphatic carboxylic acids is 1. The predicted octanol–water partition coefficient (Wildman–Crippen LogP) is 3.35. The summed E-state index contributed by atoms with van der Waals surface area (Å²) in [6.45, 7) is 5.65. The Labute approximate surface area is 123 Å². The predicted molar refractivity (Wildman–Crippen MR) is 81.0 cm³/mol. The fourth-order valence-corrected chi connectivity index (χ4v) is 3.04. The van der Waals surface area contributed by atoms with E-state index in [4.69, 9.17) is 4.74 Å². The molecule has 0 aromatic heterocycles. The van der Waals surface area contributed by atoms with Gasteiger partial charge in [-0.05, 0) is 25.8 Å². The largest absolute Gasteiger partial charge is 0.480 e. The number of hydrogen-bond acceptors (Lipinski definition) is 3. The first kappa shape index (κ1) is 17.4. The van der Waals surface area contributed by atoms with Gasteiger partial charge in [-0.1, -0.05) is 46.0 Å². The van der Waals surface area contributed by atoms with Crippen molar-refractivity contribution in [3.63, 3.8) is 0 Å². The lowest BCUT2D eigenvalue weighted by atomic mass is 9.98. The van der Waals surface area contributed by atoms with Crippen LogP contribution in [0.25, 0.3) is 0 Å². The maximum atomic E-state index is 11.4. The van der Waals surface area contributed by atoms with Crippen molar-refractivity contribution in [2.75, 3.05) is 13.2 Å². The molecule has 0 heterocycles. The van der Waals surface area contributed by atoms with E-state index in [-0.39, 0.29) is 6.10 Å². The number of carbonyl (C=O) groups is 1. The summed E-state index contributed by atoms with van der Waals surface area (Å²) in [4.78, 5) is 11.4. The van der Waals surface area contributed by atoms with Gasteiger partial charge in [-0.2, -0.15) is 0 Å². The number of hydrogen-bond donors (Lipinski definition) is 2. The molecule has 1 saturated carbocycles. The molecule has 0 spiro atoms. The van der Waals surface area contributed by atoms with Crippen LogP contribution in [-0.4, -0.2) is 35.9 Å². The van der Waals surface area contributed by atoms with Crippen molar-refractivity contribution in [1.82, 2.24) is 5.32 Å². The first-order valence-corrected chi connectivity index (χ1v) is 8.24. The maximum Gasteiger partial charge on any atom is 0.323 e. The Kier molecular flexibility index (Phi) is 8.15.